The van der Waals surface area contributed by atoms with Crippen LogP contribution >= 0.6 is 11.3 Å². The van der Waals surface area contributed by atoms with Crippen LogP contribution in [0.1, 0.15) is 23.1 Å². The van der Waals surface area contributed by atoms with Gasteiger partial charge in [0.2, 0.25) is 11.8 Å². The maximum Gasteiger partial charge on any atom is 0.227 e. The van der Waals surface area contributed by atoms with Gasteiger partial charge in [0.25, 0.3) is 0 Å². The van der Waals surface area contributed by atoms with Gasteiger partial charge in [-0.15, -0.1) is 0 Å². The van der Waals surface area contributed by atoms with Crippen LogP contribution in [-0.2, 0) is 22.3 Å². The van der Waals surface area contributed by atoms with Gasteiger partial charge in [-0.2, -0.15) is 11.3 Å². The Morgan fingerprint density at radius 3 is 2.81 bits per heavy atom. The van der Waals surface area contributed by atoms with Crippen molar-refractivity contribution < 1.29 is 13.0 Å². The highest BCUT2D eigenvalue weighted by Crippen LogP contribution is 2.24. The van der Waals surface area contributed by atoms with Crippen LogP contribution in [0.2, 0.25) is 0 Å². The first-order valence-corrected chi connectivity index (χ1v) is 8.80. The van der Waals surface area contributed by atoms with Crippen molar-refractivity contribution >= 4 is 22.1 Å². The van der Waals surface area contributed by atoms with Gasteiger partial charge in [-0.1, -0.05) is 0 Å². The summed E-state index contributed by atoms with van der Waals surface area (Å²) in [5, 5.41) is 3.94. The summed E-state index contributed by atoms with van der Waals surface area (Å²) in [5.74, 6) is 3.11. The van der Waals surface area contributed by atoms with Gasteiger partial charge in [-0.3, -0.25) is 4.21 Å². The number of aryl methyl sites for hydroxylation is 2. The Bertz CT molecular complexity index is 759. The first-order valence-electron chi connectivity index (χ1n) is 6.37. The molecule has 0 N–H and O–H groups in total. The molecule has 110 valence electrons. The molecule has 3 aromatic rings. The SMILES string of the molecule is Cc1cnc(C[S@@](=O)Cc2nc(-c3ccsc3)oc2C)o1. The van der Waals surface area contributed by atoms with Gasteiger partial charge >= 0.3 is 0 Å². The molecular formula is C14H14N2O3S2. The molecule has 0 aliphatic heterocycles. The van der Waals surface area contributed by atoms with Crippen molar-refractivity contribution in [1.29, 1.82) is 0 Å². The van der Waals surface area contributed by atoms with Crippen molar-refractivity contribution in [2.75, 3.05) is 0 Å². The Morgan fingerprint density at radius 2 is 2.14 bits per heavy atom. The highest BCUT2D eigenvalue weighted by molar-refractivity contribution is 7.83. The third-order valence-corrected chi connectivity index (χ3v) is 4.76. The van der Waals surface area contributed by atoms with Crippen LogP contribution in [0.15, 0.2) is 31.9 Å². The molecule has 0 unspecified atom stereocenters. The first kappa shape index (κ1) is 14.2. The number of hydrogen-bond acceptors (Lipinski definition) is 6. The van der Waals surface area contributed by atoms with Crippen LogP contribution < -0.4 is 0 Å². The quantitative estimate of drug-likeness (QED) is 0.719. The highest BCUT2D eigenvalue weighted by atomic mass is 32.2. The molecule has 3 rings (SSSR count). The summed E-state index contributed by atoms with van der Waals surface area (Å²) in [6.45, 7) is 3.65. The number of nitrogens with zero attached hydrogens (tertiary/aromatic N) is 2. The number of aromatic nitrogens is 2. The number of thiophene rings is 1. The first-order chi connectivity index (χ1) is 10.1. The molecule has 0 aliphatic rings. The zero-order valence-electron chi connectivity index (χ0n) is 11.7. The van der Waals surface area contributed by atoms with Gasteiger partial charge in [0.1, 0.15) is 17.3 Å². The predicted octanol–water partition coefficient (Wildman–Crippen LogP) is 3.46. The van der Waals surface area contributed by atoms with Crippen molar-refractivity contribution in [2.45, 2.75) is 25.4 Å². The van der Waals surface area contributed by atoms with Crippen molar-refractivity contribution in [2.24, 2.45) is 0 Å². The van der Waals surface area contributed by atoms with E-state index in [0.29, 0.717) is 23.3 Å². The summed E-state index contributed by atoms with van der Waals surface area (Å²) in [7, 11) is -1.13. The molecule has 0 spiro atoms. The zero-order chi connectivity index (χ0) is 14.8. The van der Waals surface area contributed by atoms with E-state index < -0.39 is 10.8 Å². The molecule has 5 nitrogen and oxygen atoms in total. The molecule has 21 heavy (non-hydrogen) atoms. The highest BCUT2D eigenvalue weighted by Gasteiger charge is 2.15. The fraction of sp³-hybridized carbons (Fsp3) is 0.286. The molecule has 0 saturated carbocycles. The lowest BCUT2D eigenvalue weighted by atomic mass is 10.3. The lowest BCUT2D eigenvalue weighted by Crippen LogP contribution is -2.01. The minimum atomic E-state index is -1.13. The fourth-order valence-corrected chi connectivity index (χ4v) is 3.59. The molecular weight excluding hydrogens is 308 g/mol. The Balaban J connectivity index is 1.71. The summed E-state index contributed by atoms with van der Waals surface area (Å²) in [4.78, 5) is 8.50. The van der Waals surface area contributed by atoms with Crippen molar-refractivity contribution in [3.05, 3.63) is 46.1 Å². The van der Waals surface area contributed by atoms with Crippen molar-refractivity contribution in [1.82, 2.24) is 9.97 Å². The van der Waals surface area contributed by atoms with Crippen molar-refractivity contribution in [3.63, 3.8) is 0 Å². The van der Waals surface area contributed by atoms with Crippen LogP contribution in [0.4, 0.5) is 0 Å². The van der Waals surface area contributed by atoms with Gasteiger partial charge in [-0.05, 0) is 25.3 Å². The van der Waals surface area contributed by atoms with Crippen LogP contribution in [0.3, 0.4) is 0 Å². The maximum atomic E-state index is 12.2. The average molecular weight is 322 g/mol. The van der Waals surface area contributed by atoms with Crippen LogP contribution in [0.5, 0.6) is 0 Å². The van der Waals surface area contributed by atoms with Gasteiger partial charge in [0.05, 0.1) is 17.6 Å². The molecule has 0 saturated heterocycles. The normalized spacial score (nSPS) is 12.7. The van der Waals surface area contributed by atoms with E-state index in [-0.39, 0.29) is 5.75 Å². The third kappa shape index (κ3) is 3.30. The van der Waals surface area contributed by atoms with E-state index >= 15 is 0 Å². The molecule has 0 aromatic carbocycles. The summed E-state index contributed by atoms with van der Waals surface area (Å²) in [6.07, 6.45) is 1.63. The van der Waals surface area contributed by atoms with E-state index in [9.17, 15) is 4.21 Å². The minimum Gasteiger partial charge on any atom is -0.445 e. The largest absolute Gasteiger partial charge is 0.445 e. The smallest absolute Gasteiger partial charge is 0.227 e. The van der Waals surface area contributed by atoms with Gasteiger partial charge < -0.3 is 8.83 Å². The molecule has 0 fully saturated rings. The topological polar surface area (TPSA) is 69.1 Å². The fourth-order valence-electron chi connectivity index (χ4n) is 1.88. The second-order valence-electron chi connectivity index (χ2n) is 4.63. The van der Waals surface area contributed by atoms with E-state index in [1.54, 1.807) is 17.5 Å². The van der Waals surface area contributed by atoms with Crippen LogP contribution in [0, 0.1) is 13.8 Å². The summed E-state index contributed by atoms with van der Waals surface area (Å²) in [5.41, 5.74) is 1.67. The molecule has 1 atom stereocenters. The Labute approximate surface area is 128 Å². The Morgan fingerprint density at radius 1 is 1.29 bits per heavy atom. The number of hydrogen-bond donors (Lipinski definition) is 0. The lowest BCUT2D eigenvalue weighted by Gasteiger charge is -1.97. The van der Waals surface area contributed by atoms with Gasteiger partial charge in [-0.25, -0.2) is 9.97 Å². The molecule has 0 amide bonds. The third-order valence-electron chi connectivity index (χ3n) is 2.91. The average Bonchev–Trinajstić information content (AvgIpc) is 3.13. The molecule has 3 heterocycles. The summed E-state index contributed by atoms with van der Waals surface area (Å²) >= 11 is 1.59. The molecule has 0 aliphatic carbocycles. The number of oxazole rings is 2. The summed E-state index contributed by atoms with van der Waals surface area (Å²) < 4.78 is 23.1. The van der Waals surface area contributed by atoms with E-state index in [1.807, 2.05) is 30.7 Å². The molecule has 0 bridgehead atoms. The molecule has 0 radical (unpaired) electrons. The Kier molecular flexibility index (Phi) is 4.03. The van der Waals surface area contributed by atoms with E-state index in [0.717, 1.165) is 17.0 Å². The van der Waals surface area contributed by atoms with Crippen molar-refractivity contribution in [3.8, 4) is 11.5 Å². The minimum absolute atomic E-state index is 0.286. The number of rotatable bonds is 5. The second kappa shape index (κ2) is 5.95. The Hall–Kier alpha value is -1.73. The van der Waals surface area contributed by atoms with Gasteiger partial charge in [0, 0.05) is 21.7 Å². The van der Waals surface area contributed by atoms with E-state index in [2.05, 4.69) is 9.97 Å². The van der Waals surface area contributed by atoms with E-state index in [4.69, 9.17) is 8.83 Å². The molecule has 7 heteroatoms. The maximum absolute atomic E-state index is 12.2. The second-order valence-corrected chi connectivity index (χ2v) is 6.86. The van der Waals surface area contributed by atoms with Gasteiger partial charge in [0.15, 0.2) is 0 Å². The standard InChI is InChI=1S/C14H14N2O3S2/c1-9-5-15-13(18-9)8-21(17)7-12-10(2)19-14(16-12)11-3-4-20-6-11/h3-6H,7-8H2,1-2H3/t21-/m0/s1. The summed E-state index contributed by atoms with van der Waals surface area (Å²) in [6, 6.07) is 1.95. The monoisotopic (exact) mass is 322 g/mol. The zero-order valence-corrected chi connectivity index (χ0v) is 13.3. The molecule has 3 aromatic heterocycles. The predicted molar refractivity (Wildman–Crippen MR) is 81.3 cm³/mol. The van der Waals surface area contributed by atoms with Crippen LogP contribution in [0.25, 0.3) is 11.5 Å². The van der Waals surface area contributed by atoms with Crippen LogP contribution in [-0.4, -0.2) is 14.2 Å². The lowest BCUT2D eigenvalue weighted by molar-refractivity contribution is 0.488. The van der Waals surface area contributed by atoms with E-state index in [1.165, 1.54) is 0 Å².